The van der Waals surface area contributed by atoms with Gasteiger partial charge in [-0.15, -0.1) is 0 Å². The summed E-state index contributed by atoms with van der Waals surface area (Å²) in [4.78, 5) is 27.5. The van der Waals surface area contributed by atoms with E-state index >= 15 is 4.39 Å². The van der Waals surface area contributed by atoms with Gasteiger partial charge in [0.2, 0.25) is 11.2 Å². The third-order valence-corrected chi connectivity index (χ3v) is 10.5. The fourth-order valence-electron chi connectivity index (χ4n) is 5.21. The van der Waals surface area contributed by atoms with Gasteiger partial charge in [-0.05, 0) is 45.7 Å². The predicted molar refractivity (Wildman–Crippen MR) is 154 cm³/mol. The molecule has 3 fully saturated rings. The number of hydrogen-bond donors (Lipinski definition) is 3. The zero-order valence-corrected chi connectivity index (χ0v) is 25.1. The molecular weight excluding hydrogens is 584 g/mol. The Labute approximate surface area is 246 Å². The number of anilines is 2. The van der Waals surface area contributed by atoms with Crippen LogP contribution in [0.3, 0.4) is 0 Å². The highest BCUT2D eigenvalue weighted by molar-refractivity contribution is 7.70. The molecule has 232 valence electrons. The number of esters is 1. The van der Waals surface area contributed by atoms with Crippen molar-refractivity contribution in [3.05, 3.63) is 30.6 Å². The Morgan fingerprint density at radius 3 is 2.67 bits per heavy atom. The van der Waals surface area contributed by atoms with Crippen LogP contribution in [-0.4, -0.2) is 85.7 Å². The fraction of sp³-hybridized carbons (Fsp3) is 0.556. The molecule has 0 radical (unpaired) electrons. The summed E-state index contributed by atoms with van der Waals surface area (Å²) in [7, 11) is -1.72. The summed E-state index contributed by atoms with van der Waals surface area (Å²) >= 11 is 0. The van der Waals surface area contributed by atoms with Crippen molar-refractivity contribution >= 4 is 36.3 Å². The van der Waals surface area contributed by atoms with Crippen LogP contribution in [0.4, 0.5) is 16.2 Å². The van der Waals surface area contributed by atoms with Crippen molar-refractivity contribution in [3.8, 4) is 11.5 Å². The van der Waals surface area contributed by atoms with Crippen LogP contribution < -0.4 is 25.6 Å². The van der Waals surface area contributed by atoms with Crippen molar-refractivity contribution in [1.82, 2.24) is 19.5 Å². The van der Waals surface area contributed by atoms with Crippen molar-refractivity contribution in [2.75, 3.05) is 30.5 Å². The molecule has 0 spiro atoms. The van der Waals surface area contributed by atoms with Crippen LogP contribution in [0.1, 0.15) is 39.8 Å². The number of alkyl halides is 1. The maximum Gasteiger partial charge on any atom is 0.338 e. The van der Waals surface area contributed by atoms with Crippen LogP contribution in [0.5, 0.6) is 11.5 Å². The first kappa shape index (κ1) is 29.5. The summed E-state index contributed by atoms with van der Waals surface area (Å²) in [6.07, 6.45) is -1.21. The number of nitrogen functional groups attached to an aromatic ring is 1. The normalized spacial score (nSPS) is 31.8. The lowest BCUT2D eigenvalue weighted by atomic mass is 9.98. The van der Waals surface area contributed by atoms with Crippen molar-refractivity contribution < 1.29 is 37.6 Å². The number of nitrogens with two attached hydrogens (primary N) is 2. The van der Waals surface area contributed by atoms with Gasteiger partial charge in [0.05, 0.1) is 18.6 Å². The number of fused-ring (bicyclic) bond motifs is 1. The summed E-state index contributed by atoms with van der Waals surface area (Å²) in [5.41, 5.74) is 10.5. The lowest BCUT2D eigenvalue weighted by Gasteiger charge is -2.25. The zero-order chi connectivity index (χ0) is 30.9. The molecule has 0 amide bonds. The molecule has 3 aliphatic rings. The van der Waals surface area contributed by atoms with Crippen molar-refractivity contribution in [2.45, 2.75) is 75.1 Å². The van der Waals surface area contributed by atoms with E-state index in [4.69, 9.17) is 30.2 Å². The fourth-order valence-corrected chi connectivity index (χ4v) is 7.28. The minimum absolute atomic E-state index is 0.000890. The van der Waals surface area contributed by atoms with Crippen molar-refractivity contribution in [1.29, 1.82) is 0 Å². The van der Waals surface area contributed by atoms with Gasteiger partial charge in [0, 0.05) is 13.1 Å². The topological polar surface area (TPSA) is 190 Å². The predicted octanol–water partition coefficient (Wildman–Crippen LogP) is 2.35. The summed E-state index contributed by atoms with van der Waals surface area (Å²) < 4.78 is 53.5. The number of halogens is 1. The standard InChI is InChI=1S/C27H35FN7O7P/c1-14(2)40-24(37)27(30)12-43(27,38)42-17-8-6-5-7-16(17)39-11-18-20(36)26(3,28)23(41-18)35-13-31-19-21(34(4)15-9-10-15)32-25(29)33-22(19)35/h5-8,13-15,18,20,23,36H,9-12,30H2,1-4H3,(H2,29,32,33)/t18?,20?,23?,26?,27-,43?/m1/s1. The zero-order valence-electron chi connectivity index (χ0n) is 24.2. The first-order valence-corrected chi connectivity index (χ1v) is 15.8. The molecule has 6 atom stereocenters. The quantitative estimate of drug-likeness (QED) is 0.222. The maximum atomic E-state index is 16.1. The Kier molecular flexibility index (Phi) is 7.07. The van der Waals surface area contributed by atoms with Crippen LogP contribution in [-0.2, 0) is 18.8 Å². The van der Waals surface area contributed by atoms with E-state index in [9.17, 15) is 14.5 Å². The number of hydrogen-bond acceptors (Lipinski definition) is 13. The third kappa shape index (κ3) is 5.07. The number of ether oxygens (including phenoxy) is 3. The molecular formula is C27H35FN7O7P. The van der Waals surface area contributed by atoms with Crippen LogP contribution in [0, 0.1) is 0 Å². The second kappa shape index (κ2) is 10.3. The molecule has 14 nitrogen and oxygen atoms in total. The number of nitrogens with zero attached hydrogens (tertiary/aromatic N) is 5. The lowest BCUT2D eigenvalue weighted by molar-refractivity contribution is -0.148. The number of carbonyl (C=O) groups is 1. The van der Waals surface area contributed by atoms with Crippen molar-refractivity contribution in [2.24, 2.45) is 5.73 Å². The second-order valence-electron chi connectivity index (χ2n) is 11.8. The first-order chi connectivity index (χ1) is 20.2. The highest BCUT2D eigenvalue weighted by Gasteiger charge is 2.73. The first-order valence-electron chi connectivity index (χ1n) is 14.0. The van der Waals surface area contributed by atoms with E-state index in [0.29, 0.717) is 17.4 Å². The van der Waals surface area contributed by atoms with Gasteiger partial charge in [-0.25, -0.2) is 14.2 Å². The highest BCUT2D eigenvalue weighted by atomic mass is 31.2. The summed E-state index contributed by atoms with van der Waals surface area (Å²) in [5.74, 6) is -0.0488. The summed E-state index contributed by atoms with van der Waals surface area (Å²) in [5, 5.41) is 9.21. The van der Waals surface area contributed by atoms with E-state index in [0.717, 1.165) is 12.8 Å². The van der Waals surface area contributed by atoms with Crippen LogP contribution in [0.15, 0.2) is 30.6 Å². The number of benzene rings is 1. The molecule has 1 aliphatic carbocycles. The molecule has 2 aliphatic heterocycles. The number of imidazole rings is 1. The van der Waals surface area contributed by atoms with Gasteiger partial charge >= 0.3 is 5.97 Å². The number of para-hydroxylation sites is 2. The molecule has 5 unspecified atom stereocenters. The van der Waals surface area contributed by atoms with E-state index in [1.54, 1.807) is 32.0 Å². The van der Waals surface area contributed by atoms with Gasteiger partial charge in [-0.1, -0.05) is 12.1 Å². The average molecular weight is 620 g/mol. The summed E-state index contributed by atoms with van der Waals surface area (Å²) in [6.45, 7) is 4.26. The number of rotatable bonds is 10. The Hall–Kier alpha value is -3.52. The molecule has 4 heterocycles. The number of aliphatic hydroxyl groups excluding tert-OH is 1. The van der Waals surface area contributed by atoms with Gasteiger partial charge in [0.15, 0.2) is 40.4 Å². The number of aromatic nitrogens is 4. The smallest absolute Gasteiger partial charge is 0.338 e. The SMILES string of the molecule is CC(C)OC(=O)[C@@]1(N)CP1(=O)Oc1ccccc1OCC1OC(n2cnc3c(N(C)C4CC4)nc(N)nc32)C(C)(F)C1O. The Morgan fingerprint density at radius 2 is 2.00 bits per heavy atom. The molecule has 16 heteroatoms. The van der Waals surface area contributed by atoms with Crippen LogP contribution in [0.2, 0.25) is 0 Å². The molecule has 1 aromatic carbocycles. The van der Waals surface area contributed by atoms with E-state index in [2.05, 4.69) is 15.0 Å². The molecule has 2 saturated heterocycles. The largest absolute Gasteiger partial charge is 0.487 e. The van der Waals surface area contributed by atoms with Gasteiger partial charge in [-0.2, -0.15) is 9.97 Å². The van der Waals surface area contributed by atoms with Gasteiger partial charge in [0.25, 0.3) is 7.37 Å². The minimum Gasteiger partial charge on any atom is -0.487 e. The van der Waals surface area contributed by atoms with E-state index < -0.39 is 48.8 Å². The highest BCUT2D eigenvalue weighted by Crippen LogP contribution is 2.73. The van der Waals surface area contributed by atoms with Crippen molar-refractivity contribution in [3.63, 3.8) is 0 Å². The van der Waals surface area contributed by atoms with Crippen LogP contribution in [0.25, 0.3) is 11.2 Å². The molecule has 1 saturated carbocycles. The van der Waals surface area contributed by atoms with Gasteiger partial charge < -0.3 is 40.2 Å². The van der Waals surface area contributed by atoms with Gasteiger partial charge in [-0.3, -0.25) is 9.13 Å². The second-order valence-corrected chi connectivity index (χ2v) is 14.4. The Balaban J connectivity index is 1.19. The minimum atomic E-state index is -3.62. The Morgan fingerprint density at radius 1 is 1.30 bits per heavy atom. The average Bonchev–Trinajstić information content (AvgIpc) is 3.81. The molecule has 5 N–H and O–H groups in total. The molecule has 2 aromatic heterocycles. The van der Waals surface area contributed by atoms with E-state index in [1.807, 2.05) is 11.9 Å². The number of carbonyl (C=O) groups excluding carboxylic acids is 1. The van der Waals surface area contributed by atoms with Gasteiger partial charge in [0.1, 0.15) is 18.8 Å². The number of aliphatic hydroxyl groups is 1. The lowest BCUT2D eigenvalue weighted by Crippen LogP contribution is -2.41. The molecule has 43 heavy (non-hydrogen) atoms. The maximum absolute atomic E-state index is 16.1. The summed E-state index contributed by atoms with van der Waals surface area (Å²) in [6, 6.07) is 6.66. The van der Waals surface area contributed by atoms with E-state index in [1.165, 1.54) is 23.9 Å². The molecule has 6 rings (SSSR count). The monoisotopic (exact) mass is 619 g/mol. The van der Waals surface area contributed by atoms with Crippen LogP contribution >= 0.6 is 7.37 Å². The molecule has 0 bridgehead atoms. The third-order valence-electron chi connectivity index (χ3n) is 7.97. The molecule has 3 aromatic rings. The Bertz CT molecular complexity index is 1620. The van der Waals surface area contributed by atoms with E-state index in [-0.39, 0.29) is 35.9 Å².